The molecule has 1 fully saturated rings. The Balaban J connectivity index is 0.00000161. The van der Waals surface area contributed by atoms with E-state index in [1.54, 1.807) is 4.90 Å². The van der Waals surface area contributed by atoms with Crippen molar-refractivity contribution in [1.29, 1.82) is 0 Å². The number of nitrogens with zero attached hydrogens (tertiary/aromatic N) is 1. The second-order valence-electron chi connectivity index (χ2n) is 5.62. The summed E-state index contributed by atoms with van der Waals surface area (Å²) in [6, 6.07) is 10.1. The molecule has 2 aliphatic rings. The number of carbonyl (C=O) groups excluding carboxylic acids is 2. The van der Waals surface area contributed by atoms with Crippen LogP contribution in [0.2, 0.25) is 0 Å². The van der Waals surface area contributed by atoms with Gasteiger partial charge in [0, 0.05) is 12.6 Å². The van der Waals surface area contributed by atoms with E-state index in [1.165, 1.54) is 12.5 Å². The molecule has 0 unspecified atom stereocenters. The number of carbonyl (C=O) groups is 2. The number of hydrogen-bond donors (Lipinski definition) is 0. The first kappa shape index (κ1) is 15.5. The van der Waals surface area contributed by atoms with Gasteiger partial charge in [-0.05, 0) is 30.1 Å². The Morgan fingerprint density at radius 3 is 2.29 bits per heavy atom. The van der Waals surface area contributed by atoms with Gasteiger partial charge in [0.05, 0.1) is 0 Å². The minimum Gasteiger partial charge on any atom is -0.328 e. The van der Waals surface area contributed by atoms with Gasteiger partial charge in [-0.15, -0.1) is 0 Å². The number of benzene rings is 1. The number of amides is 1. The number of hydrogen-bond acceptors (Lipinski definition) is 2. The summed E-state index contributed by atoms with van der Waals surface area (Å²) in [6.45, 7) is 0.569. The molecule has 1 aromatic rings. The maximum Gasteiger partial charge on any atom is 0.294 e. The normalized spacial score (nSPS) is 20.0. The average Bonchev–Trinajstić information content (AvgIpc) is 2.51. The highest BCUT2D eigenvalue weighted by Gasteiger charge is 2.32. The standard InChI is InChI=1S/C17H19NO2.CH4/c19-16-11-14(13-7-3-1-4-8-13)12-18(17(16)20)15-9-5-2-6-10-15;/h1,3-4,7-8,11,15H,2,5-6,9-10,12H2;1H4. The zero-order chi connectivity index (χ0) is 13.9. The quantitative estimate of drug-likeness (QED) is 0.780. The van der Waals surface area contributed by atoms with E-state index in [0.29, 0.717) is 6.54 Å². The van der Waals surface area contributed by atoms with E-state index in [1.807, 2.05) is 30.3 Å². The van der Waals surface area contributed by atoms with Gasteiger partial charge in [-0.3, -0.25) is 9.59 Å². The molecule has 1 heterocycles. The highest BCUT2D eigenvalue weighted by Crippen LogP contribution is 2.28. The molecule has 0 N–H and O–H groups in total. The average molecular weight is 285 g/mol. The van der Waals surface area contributed by atoms with E-state index in [9.17, 15) is 9.59 Å². The third-order valence-electron chi connectivity index (χ3n) is 4.28. The highest BCUT2D eigenvalue weighted by atomic mass is 16.2. The fourth-order valence-electron chi connectivity index (χ4n) is 3.18. The van der Waals surface area contributed by atoms with Crippen molar-refractivity contribution in [2.75, 3.05) is 6.54 Å². The van der Waals surface area contributed by atoms with Crippen molar-refractivity contribution in [3.63, 3.8) is 0 Å². The summed E-state index contributed by atoms with van der Waals surface area (Å²) in [6.07, 6.45) is 7.13. The minimum atomic E-state index is -0.374. The summed E-state index contributed by atoms with van der Waals surface area (Å²) in [7, 11) is 0. The molecule has 0 saturated heterocycles. The van der Waals surface area contributed by atoms with Gasteiger partial charge in [-0.25, -0.2) is 0 Å². The molecule has 1 aliphatic carbocycles. The van der Waals surface area contributed by atoms with E-state index in [2.05, 4.69) is 0 Å². The molecule has 0 aromatic heterocycles. The van der Waals surface area contributed by atoms with Gasteiger partial charge in [0.15, 0.2) is 0 Å². The van der Waals surface area contributed by atoms with Gasteiger partial charge in [-0.1, -0.05) is 57.0 Å². The SMILES string of the molecule is C.O=C1C=C(c2ccccc2)CN(C2CCCCC2)C1=O. The maximum atomic E-state index is 12.1. The van der Waals surface area contributed by atoms with Crippen LogP contribution < -0.4 is 0 Å². The van der Waals surface area contributed by atoms with Crippen LogP contribution >= 0.6 is 0 Å². The number of rotatable bonds is 2. The first-order chi connectivity index (χ1) is 9.75. The zero-order valence-corrected chi connectivity index (χ0v) is 11.5. The minimum absolute atomic E-state index is 0. The Hall–Kier alpha value is -1.90. The van der Waals surface area contributed by atoms with Gasteiger partial charge in [0.2, 0.25) is 5.78 Å². The van der Waals surface area contributed by atoms with E-state index in [-0.39, 0.29) is 25.2 Å². The molecule has 112 valence electrons. The Morgan fingerprint density at radius 1 is 0.952 bits per heavy atom. The molecule has 3 nitrogen and oxygen atoms in total. The van der Waals surface area contributed by atoms with E-state index in [4.69, 9.17) is 0 Å². The summed E-state index contributed by atoms with van der Waals surface area (Å²) in [5, 5.41) is 0. The van der Waals surface area contributed by atoms with Crippen LogP contribution in [-0.2, 0) is 9.59 Å². The molecule has 1 aliphatic heterocycles. The van der Waals surface area contributed by atoms with Crippen molar-refractivity contribution >= 4 is 17.3 Å². The van der Waals surface area contributed by atoms with Crippen LogP contribution in [0.3, 0.4) is 0 Å². The third-order valence-corrected chi connectivity index (χ3v) is 4.28. The lowest BCUT2D eigenvalue weighted by Gasteiger charge is -2.36. The molecule has 3 heteroatoms. The van der Waals surface area contributed by atoms with Crippen LogP contribution in [0.25, 0.3) is 5.57 Å². The van der Waals surface area contributed by atoms with Crippen LogP contribution in [0.15, 0.2) is 36.4 Å². The lowest BCUT2D eigenvalue weighted by atomic mass is 9.91. The van der Waals surface area contributed by atoms with Crippen molar-refractivity contribution < 1.29 is 9.59 Å². The van der Waals surface area contributed by atoms with Gasteiger partial charge in [0.1, 0.15) is 0 Å². The van der Waals surface area contributed by atoms with Gasteiger partial charge in [0.25, 0.3) is 5.91 Å². The van der Waals surface area contributed by atoms with Crippen molar-refractivity contribution in [1.82, 2.24) is 4.90 Å². The van der Waals surface area contributed by atoms with Crippen molar-refractivity contribution in [3.05, 3.63) is 42.0 Å². The van der Waals surface area contributed by atoms with E-state index >= 15 is 0 Å². The molecule has 0 bridgehead atoms. The van der Waals surface area contributed by atoms with Crippen LogP contribution in [0.1, 0.15) is 45.1 Å². The number of ketones is 1. The fourth-order valence-corrected chi connectivity index (χ4v) is 3.18. The Morgan fingerprint density at radius 2 is 1.62 bits per heavy atom. The molecule has 1 aromatic carbocycles. The molecular weight excluding hydrogens is 262 g/mol. The van der Waals surface area contributed by atoms with E-state index < -0.39 is 0 Å². The van der Waals surface area contributed by atoms with Gasteiger partial charge in [-0.2, -0.15) is 0 Å². The first-order valence-corrected chi connectivity index (χ1v) is 7.36. The highest BCUT2D eigenvalue weighted by molar-refractivity contribution is 6.43. The molecule has 21 heavy (non-hydrogen) atoms. The first-order valence-electron chi connectivity index (χ1n) is 7.36. The monoisotopic (exact) mass is 285 g/mol. The molecule has 0 atom stereocenters. The molecule has 3 rings (SSSR count). The van der Waals surface area contributed by atoms with Gasteiger partial charge >= 0.3 is 0 Å². The third kappa shape index (κ3) is 3.23. The Labute approximate surface area is 126 Å². The molecule has 1 saturated carbocycles. The molecule has 0 spiro atoms. The maximum absolute atomic E-state index is 12.1. The van der Waals surface area contributed by atoms with Crippen LogP contribution in [-0.4, -0.2) is 29.2 Å². The second kappa shape index (κ2) is 6.70. The lowest BCUT2D eigenvalue weighted by molar-refractivity contribution is -0.144. The fraction of sp³-hybridized carbons (Fsp3) is 0.444. The topological polar surface area (TPSA) is 37.4 Å². The summed E-state index contributed by atoms with van der Waals surface area (Å²) < 4.78 is 0. The van der Waals surface area contributed by atoms with Crippen LogP contribution in [0.4, 0.5) is 0 Å². The largest absolute Gasteiger partial charge is 0.328 e. The predicted molar refractivity (Wildman–Crippen MR) is 84.7 cm³/mol. The van der Waals surface area contributed by atoms with Crippen LogP contribution in [0, 0.1) is 0 Å². The smallest absolute Gasteiger partial charge is 0.294 e. The molecular formula is C18H23NO2. The second-order valence-corrected chi connectivity index (χ2v) is 5.62. The van der Waals surface area contributed by atoms with Crippen molar-refractivity contribution in [2.45, 2.75) is 45.6 Å². The Bertz CT molecular complexity index is 542. The van der Waals surface area contributed by atoms with E-state index in [0.717, 1.165) is 36.8 Å². The zero-order valence-electron chi connectivity index (χ0n) is 11.5. The molecule has 1 amide bonds. The van der Waals surface area contributed by atoms with Crippen molar-refractivity contribution in [2.24, 2.45) is 0 Å². The predicted octanol–water partition coefficient (Wildman–Crippen LogP) is 3.45. The van der Waals surface area contributed by atoms with Crippen molar-refractivity contribution in [3.8, 4) is 0 Å². The molecule has 0 radical (unpaired) electrons. The summed E-state index contributed by atoms with van der Waals surface area (Å²) in [5.41, 5.74) is 2.00. The lowest BCUT2D eigenvalue weighted by Crippen LogP contribution is -2.47. The Kier molecular flexibility index (Phi) is 4.94. The van der Waals surface area contributed by atoms with Crippen LogP contribution in [0.5, 0.6) is 0 Å². The summed E-state index contributed by atoms with van der Waals surface area (Å²) in [5.74, 6) is -0.697. The summed E-state index contributed by atoms with van der Waals surface area (Å²) in [4.78, 5) is 25.9. The summed E-state index contributed by atoms with van der Waals surface area (Å²) >= 11 is 0. The van der Waals surface area contributed by atoms with Gasteiger partial charge < -0.3 is 4.90 Å².